The van der Waals surface area contributed by atoms with Gasteiger partial charge in [-0.1, -0.05) is 13.8 Å². The van der Waals surface area contributed by atoms with E-state index in [-0.39, 0.29) is 11.9 Å². The summed E-state index contributed by atoms with van der Waals surface area (Å²) in [7, 11) is 0. The number of carbonyl (C=O) groups is 1. The van der Waals surface area contributed by atoms with Crippen LogP contribution < -0.4 is 11.1 Å². The van der Waals surface area contributed by atoms with Gasteiger partial charge in [-0.05, 0) is 38.5 Å². The number of carbonyl (C=O) groups excluding carboxylic acids is 1. The van der Waals surface area contributed by atoms with E-state index < -0.39 is 5.97 Å². The zero-order valence-electron chi connectivity index (χ0n) is 12.6. The summed E-state index contributed by atoms with van der Waals surface area (Å²) in [4.78, 5) is 14.2. The standard InChI is InChI=1S/C13H24N4O2S/c1-5-17(6-2)8-9(4)15-12-10(11(14)16-20-12)13(18)19-7-3/h9,15H,5-8H2,1-4H3,(H2,14,16). The highest BCUT2D eigenvalue weighted by atomic mass is 32.1. The number of esters is 1. The Bertz CT molecular complexity index is 432. The van der Waals surface area contributed by atoms with Crippen LogP contribution >= 0.6 is 11.5 Å². The first-order chi connectivity index (χ1) is 9.53. The summed E-state index contributed by atoms with van der Waals surface area (Å²) in [6, 6.07) is 0.197. The Morgan fingerprint density at radius 1 is 1.45 bits per heavy atom. The van der Waals surface area contributed by atoms with Gasteiger partial charge in [0, 0.05) is 12.6 Å². The first-order valence-corrected chi connectivity index (χ1v) is 7.71. The van der Waals surface area contributed by atoms with E-state index in [0.29, 0.717) is 17.2 Å². The molecule has 0 amide bonds. The van der Waals surface area contributed by atoms with Crippen LogP contribution in [-0.4, -0.2) is 47.5 Å². The van der Waals surface area contributed by atoms with E-state index in [1.165, 1.54) is 11.5 Å². The second-order valence-electron chi connectivity index (χ2n) is 4.52. The molecule has 1 heterocycles. The molecule has 6 nitrogen and oxygen atoms in total. The van der Waals surface area contributed by atoms with E-state index in [1.54, 1.807) is 6.92 Å². The summed E-state index contributed by atoms with van der Waals surface area (Å²) in [6.45, 7) is 11.3. The SMILES string of the molecule is CCOC(=O)c1c(N)nsc1NC(C)CN(CC)CC. The van der Waals surface area contributed by atoms with Crippen molar-refractivity contribution in [3.05, 3.63) is 5.56 Å². The van der Waals surface area contributed by atoms with Crippen molar-refractivity contribution >= 4 is 28.3 Å². The minimum Gasteiger partial charge on any atom is -0.462 e. The molecule has 7 heteroatoms. The molecule has 114 valence electrons. The third-order valence-corrected chi connectivity index (χ3v) is 3.79. The summed E-state index contributed by atoms with van der Waals surface area (Å²) in [5.41, 5.74) is 6.10. The molecule has 0 radical (unpaired) electrons. The minimum absolute atomic E-state index is 0.197. The van der Waals surface area contributed by atoms with Gasteiger partial charge in [0.2, 0.25) is 0 Å². The van der Waals surface area contributed by atoms with E-state index in [2.05, 4.69) is 35.4 Å². The summed E-state index contributed by atoms with van der Waals surface area (Å²) < 4.78 is 9.05. The Balaban J connectivity index is 2.75. The molecule has 1 atom stereocenters. The van der Waals surface area contributed by atoms with Gasteiger partial charge >= 0.3 is 5.97 Å². The maximum atomic E-state index is 11.9. The molecule has 0 bridgehead atoms. The van der Waals surface area contributed by atoms with Crippen molar-refractivity contribution in [2.75, 3.05) is 37.3 Å². The normalized spacial score (nSPS) is 12.4. The highest BCUT2D eigenvalue weighted by molar-refractivity contribution is 7.11. The lowest BCUT2D eigenvalue weighted by Crippen LogP contribution is -2.34. The average Bonchev–Trinajstić information content (AvgIpc) is 2.77. The van der Waals surface area contributed by atoms with E-state index in [0.717, 1.165) is 19.6 Å². The highest BCUT2D eigenvalue weighted by Gasteiger charge is 2.21. The summed E-state index contributed by atoms with van der Waals surface area (Å²) in [5.74, 6) is -0.192. The number of rotatable bonds is 8. The Hall–Kier alpha value is -1.34. The van der Waals surface area contributed by atoms with Crippen LogP contribution in [0.1, 0.15) is 38.1 Å². The van der Waals surface area contributed by atoms with E-state index in [1.807, 2.05) is 0 Å². The number of nitrogens with zero attached hydrogens (tertiary/aromatic N) is 2. The molecule has 20 heavy (non-hydrogen) atoms. The molecule has 0 aliphatic rings. The van der Waals surface area contributed by atoms with Gasteiger partial charge in [-0.2, -0.15) is 4.37 Å². The zero-order chi connectivity index (χ0) is 15.1. The lowest BCUT2D eigenvalue weighted by Gasteiger charge is -2.23. The third kappa shape index (κ3) is 4.35. The van der Waals surface area contributed by atoms with Crippen LogP contribution in [0.2, 0.25) is 0 Å². The van der Waals surface area contributed by atoms with Gasteiger partial charge < -0.3 is 20.7 Å². The molecule has 0 saturated heterocycles. The Labute approximate surface area is 124 Å². The number of likely N-dealkylation sites (N-methyl/N-ethyl adjacent to an activating group) is 1. The molecule has 1 rings (SSSR count). The largest absolute Gasteiger partial charge is 0.462 e. The van der Waals surface area contributed by atoms with Crippen molar-refractivity contribution in [2.45, 2.75) is 33.7 Å². The van der Waals surface area contributed by atoms with Gasteiger partial charge in [0.05, 0.1) is 6.61 Å². The quantitative estimate of drug-likeness (QED) is 0.715. The number of nitrogens with one attached hydrogen (secondary N) is 1. The number of anilines is 2. The topological polar surface area (TPSA) is 80.5 Å². The fourth-order valence-electron chi connectivity index (χ4n) is 1.94. The van der Waals surface area contributed by atoms with E-state index in [4.69, 9.17) is 10.5 Å². The molecule has 3 N–H and O–H groups in total. The number of hydrogen-bond donors (Lipinski definition) is 2. The lowest BCUT2D eigenvalue weighted by atomic mass is 10.2. The predicted molar refractivity (Wildman–Crippen MR) is 83.4 cm³/mol. The summed E-state index contributed by atoms with van der Waals surface area (Å²) >= 11 is 1.20. The van der Waals surface area contributed by atoms with Crippen molar-refractivity contribution in [2.24, 2.45) is 0 Å². The van der Waals surface area contributed by atoms with Crippen LogP contribution in [0.25, 0.3) is 0 Å². The summed E-state index contributed by atoms with van der Waals surface area (Å²) in [5, 5.41) is 3.98. The van der Waals surface area contributed by atoms with Gasteiger partial charge in [0.1, 0.15) is 10.6 Å². The average molecular weight is 300 g/mol. The van der Waals surface area contributed by atoms with Crippen molar-refractivity contribution in [1.29, 1.82) is 0 Å². The van der Waals surface area contributed by atoms with E-state index >= 15 is 0 Å². The van der Waals surface area contributed by atoms with Crippen molar-refractivity contribution < 1.29 is 9.53 Å². The number of nitrogen functional groups attached to an aromatic ring is 1. The van der Waals surface area contributed by atoms with Gasteiger partial charge in [0.25, 0.3) is 0 Å². The van der Waals surface area contributed by atoms with Crippen molar-refractivity contribution in [1.82, 2.24) is 9.27 Å². The van der Waals surface area contributed by atoms with Crippen LogP contribution in [0.5, 0.6) is 0 Å². The monoisotopic (exact) mass is 300 g/mol. The number of hydrogen-bond acceptors (Lipinski definition) is 7. The van der Waals surface area contributed by atoms with Gasteiger partial charge in [-0.25, -0.2) is 4.79 Å². The van der Waals surface area contributed by atoms with Gasteiger partial charge in [-0.3, -0.25) is 0 Å². The zero-order valence-corrected chi connectivity index (χ0v) is 13.4. The van der Waals surface area contributed by atoms with Crippen molar-refractivity contribution in [3.63, 3.8) is 0 Å². The molecule has 1 aromatic heterocycles. The Morgan fingerprint density at radius 2 is 2.10 bits per heavy atom. The van der Waals surface area contributed by atoms with Crippen molar-refractivity contribution in [3.8, 4) is 0 Å². The number of aromatic nitrogens is 1. The molecule has 1 aromatic rings. The smallest absolute Gasteiger partial charge is 0.344 e. The summed E-state index contributed by atoms with van der Waals surface area (Å²) in [6.07, 6.45) is 0. The molecule has 0 saturated carbocycles. The first-order valence-electron chi connectivity index (χ1n) is 6.94. The number of ether oxygens (including phenoxy) is 1. The molecular formula is C13H24N4O2S. The van der Waals surface area contributed by atoms with Crippen LogP contribution in [0.3, 0.4) is 0 Å². The third-order valence-electron chi connectivity index (χ3n) is 3.00. The fraction of sp³-hybridized carbons (Fsp3) is 0.692. The maximum Gasteiger partial charge on any atom is 0.344 e. The van der Waals surface area contributed by atoms with Crippen LogP contribution in [0, 0.1) is 0 Å². The Kier molecular flexibility index (Phi) is 6.74. The van der Waals surface area contributed by atoms with Gasteiger partial charge in [-0.15, -0.1) is 0 Å². The fourth-order valence-corrected chi connectivity index (χ4v) is 2.75. The molecule has 1 unspecified atom stereocenters. The van der Waals surface area contributed by atoms with Crippen LogP contribution in [-0.2, 0) is 4.74 Å². The molecular weight excluding hydrogens is 276 g/mol. The molecule has 0 aromatic carbocycles. The maximum absolute atomic E-state index is 11.9. The molecule has 0 aliphatic carbocycles. The number of nitrogens with two attached hydrogens (primary N) is 1. The first kappa shape index (κ1) is 16.7. The molecule has 0 aliphatic heterocycles. The Morgan fingerprint density at radius 3 is 2.65 bits per heavy atom. The lowest BCUT2D eigenvalue weighted by molar-refractivity contribution is 0.0529. The molecule has 0 fully saturated rings. The van der Waals surface area contributed by atoms with Crippen LogP contribution in [0.15, 0.2) is 0 Å². The highest BCUT2D eigenvalue weighted by Crippen LogP contribution is 2.28. The van der Waals surface area contributed by atoms with E-state index in [9.17, 15) is 4.79 Å². The second-order valence-corrected chi connectivity index (χ2v) is 5.30. The second kappa shape index (κ2) is 8.06. The minimum atomic E-state index is -0.420. The van der Waals surface area contributed by atoms with Crippen LogP contribution in [0.4, 0.5) is 10.8 Å². The van der Waals surface area contributed by atoms with Gasteiger partial charge in [0.15, 0.2) is 5.82 Å². The predicted octanol–water partition coefficient (Wildman–Crippen LogP) is 2.04. The molecule has 0 spiro atoms.